The van der Waals surface area contributed by atoms with Crippen molar-refractivity contribution in [3.05, 3.63) is 63.2 Å². The van der Waals surface area contributed by atoms with Crippen molar-refractivity contribution < 1.29 is 18.1 Å². The van der Waals surface area contributed by atoms with Crippen molar-refractivity contribution in [2.75, 3.05) is 23.3 Å². The third-order valence-electron chi connectivity index (χ3n) is 5.12. The molecule has 1 aliphatic rings. The molecule has 0 saturated carbocycles. The number of hydrogen-bond acceptors (Lipinski definition) is 6. The molecule has 0 radical (unpaired) electrons. The molecule has 3 aromatic rings. The second kappa shape index (κ2) is 8.46. The number of benzene rings is 1. The van der Waals surface area contributed by atoms with E-state index in [0.717, 1.165) is 16.8 Å². The molecule has 8 nitrogen and oxygen atoms in total. The van der Waals surface area contributed by atoms with Gasteiger partial charge in [-0.2, -0.15) is 9.78 Å². The Morgan fingerprint density at radius 2 is 1.97 bits per heavy atom. The summed E-state index contributed by atoms with van der Waals surface area (Å²) in [7, 11) is 0. The van der Waals surface area contributed by atoms with Gasteiger partial charge in [-0.1, -0.05) is 16.8 Å². The van der Waals surface area contributed by atoms with Crippen LogP contribution in [-0.4, -0.2) is 33.9 Å². The lowest BCUT2D eigenvalue weighted by Crippen LogP contribution is -2.39. The van der Waals surface area contributed by atoms with Crippen LogP contribution in [0.4, 0.5) is 20.3 Å². The molecule has 1 aromatic carbocycles. The smallest absolute Gasteiger partial charge is 0.292 e. The third kappa shape index (κ3) is 4.29. The minimum absolute atomic E-state index is 0.125. The molecule has 1 amide bonds. The SMILES string of the molecule is Cc1cc(NC(=O)C2CCN(c3cnn(-c4ccc(F)cc4F)c(=O)c3Cl)CC2)no1. The van der Waals surface area contributed by atoms with E-state index >= 15 is 0 Å². The second-order valence-corrected chi connectivity index (χ2v) is 7.61. The van der Waals surface area contributed by atoms with Gasteiger partial charge in [0.1, 0.15) is 22.3 Å². The van der Waals surface area contributed by atoms with Gasteiger partial charge in [-0.3, -0.25) is 9.59 Å². The predicted octanol–water partition coefficient (Wildman–Crippen LogP) is 3.32. The number of piperidine rings is 1. The van der Waals surface area contributed by atoms with Crippen LogP contribution in [0.2, 0.25) is 5.02 Å². The number of carbonyl (C=O) groups is 1. The molecule has 0 aliphatic carbocycles. The number of hydrogen-bond donors (Lipinski definition) is 1. The standard InChI is InChI=1S/C20H18ClF2N5O3/c1-11-8-17(26-31-11)25-19(29)12-4-6-27(7-5-12)16-10-24-28(20(30)18(16)21)15-3-2-13(22)9-14(15)23/h2-3,8-10,12H,4-7H2,1H3,(H,25,26,29). The molecule has 1 aliphatic heterocycles. The van der Waals surface area contributed by atoms with Crippen LogP contribution in [0.1, 0.15) is 18.6 Å². The Balaban J connectivity index is 1.47. The summed E-state index contributed by atoms with van der Waals surface area (Å²) in [6, 6.07) is 4.46. The summed E-state index contributed by atoms with van der Waals surface area (Å²) in [6.45, 7) is 2.69. The normalized spacial score (nSPS) is 14.6. The summed E-state index contributed by atoms with van der Waals surface area (Å²) < 4.78 is 32.9. The van der Waals surface area contributed by atoms with Gasteiger partial charge in [0.15, 0.2) is 11.6 Å². The summed E-state index contributed by atoms with van der Waals surface area (Å²) in [4.78, 5) is 26.9. The van der Waals surface area contributed by atoms with Crippen molar-refractivity contribution in [2.45, 2.75) is 19.8 Å². The third-order valence-corrected chi connectivity index (χ3v) is 5.48. The Hall–Kier alpha value is -3.27. The molecule has 162 valence electrons. The molecule has 4 rings (SSSR count). The highest BCUT2D eigenvalue weighted by Crippen LogP contribution is 2.28. The summed E-state index contributed by atoms with van der Waals surface area (Å²) in [5.74, 6) is -1.10. The first-order valence-electron chi connectivity index (χ1n) is 9.56. The molecule has 0 spiro atoms. The van der Waals surface area contributed by atoms with Gasteiger partial charge in [0, 0.05) is 31.1 Å². The molecule has 0 bridgehead atoms. The molecular formula is C20H18ClF2N5O3. The van der Waals surface area contributed by atoms with Crippen molar-refractivity contribution in [3.63, 3.8) is 0 Å². The van der Waals surface area contributed by atoms with Crippen LogP contribution in [0.5, 0.6) is 0 Å². The molecule has 1 N–H and O–H groups in total. The quantitative estimate of drug-likeness (QED) is 0.656. The van der Waals surface area contributed by atoms with E-state index in [0.29, 0.717) is 49.3 Å². The van der Waals surface area contributed by atoms with Gasteiger partial charge in [-0.15, -0.1) is 0 Å². The Bertz CT molecular complexity index is 1190. The van der Waals surface area contributed by atoms with Gasteiger partial charge in [0.2, 0.25) is 5.91 Å². The topological polar surface area (TPSA) is 93.3 Å². The Morgan fingerprint density at radius 1 is 1.23 bits per heavy atom. The van der Waals surface area contributed by atoms with Crippen molar-refractivity contribution in [1.82, 2.24) is 14.9 Å². The van der Waals surface area contributed by atoms with E-state index < -0.39 is 17.2 Å². The van der Waals surface area contributed by atoms with Gasteiger partial charge in [0.05, 0.1) is 11.9 Å². The lowest BCUT2D eigenvalue weighted by atomic mass is 9.95. The van der Waals surface area contributed by atoms with Crippen LogP contribution in [-0.2, 0) is 4.79 Å². The fourth-order valence-electron chi connectivity index (χ4n) is 3.51. The predicted molar refractivity (Wildman–Crippen MR) is 110 cm³/mol. The highest BCUT2D eigenvalue weighted by atomic mass is 35.5. The first-order chi connectivity index (χ1) is 14.8. The zero-order chi connectivity index (χ0) is 22.1. The number of rotatable bonds is 4. The van der Waals surface area contributed by atoms with E-state index in [1.54, 1.807) is 13.0 Å². The number of aromatic nitrogens is 3. The largest absolute Gasteiger partial charge is 0.369 e. The number of nitrogens with one attached hydrogen (secondary N) is 1. The van der Waals surface area contributed by atoms with Crippen LogP contribution in [0.3, 0.4) is 0 Å². The monoisotopic (exact) mass is 449 g/mol. The van der Waals surface area contributed by atoms with Gasteiger partial charge in [-0.25, -0.2) is 8.78 Å². The van der Waals surface area contributed by atoms with E-state index in [1.165, 1.54) is 6.20 Å². The van der Waals surface area contributed by atoms with Gasteiger partial charge >= 0.3 is 0 Å². The van der Waals surface area contributed by atoms with Crippen molar-refractivity contribution in [2.24, 2.45) is 5.92 Å². The molecule has 1 fully saturated rings. The lowest BCUT2D eigenvalue weighted by molar-refractivity contribution is -0.120. The molecule has 1 saturated heterocycles. The summed E-state index contributed by atoms with van der Waals surface area (Å²) in [5.41, 5.74) is -0.513. The fraction of sp³-hybridized carbons (Fsp3) is 0.300. The first kappa shape index (κ1) is 21.0. The maximum absolute atomic E-state index is 14.0. The minimum atomic E-state index is -0.924. The van der Waals surface area contributed by atoms with Crippen molar-refractivity contribution in [1.29, 1.82) is 0 Å². The van der Waals surface area contributed by atoms with Crippen molar-refractivity contribution >= 4 is 29.0 Å². The van der Waals surface area contributed by atoms with Gasteiger partial charge in [0.25, 0.3) is 5.56 Å². The number of carbonyl (C=O) groups excluding carboxylic acids is 1. The molecule has 3 heterocycles. The zero-order valence-electron chi connectivity index (χ0n) is 16.4. The average molecular weight is 450 g/mol. The minimum Gasteiger partial charge on any atom is -0.369 e. The highest BCUT2D eigenvalue weighted by molar-refractivity contribution is 6.33. The molecule has 11 heteroatoms. The van der Waals surface area contributed by atoms with Crippen molar-refractivity contribution in [3.8, 4) is 5.69 Å². The summed E-state index contributed by atoms with van der Waals surface area (Å²) in [6.07, 6.45) is 2.44. The average Bonchev–Trinajstić information content (AvgIpc) is 3.15. The molecule has 0 unspecified atom stereocenters. The maximum atomic E-state index is 14.0. The molecule has 2 aromatic heterocycles. The number of nitrogens with zero attached hydrogens (tertiary/aromatic N) is 4. The molecular weight excluding hydrogens is 432 g/mol. The van der Waals surface area contributed by atoms with Crippen LogP contribution >= 0.6 is 11.6 Å². The highest BCUT2D eigenvalue weighted by Gasteiger charge is 2.28. The van der Waals surface area contributed by atoms with E-state index in [4.69, 9.17) is 16.1 Å². The number of aryl methyl sites for hydroxylation is 1. The Morgan fingerprint density at radius 3 is 2.61 bits per heavy atom. The van der Waals surface area contributed by atoms with E-state index in [1.807, 2.05) is 4.90 Å². The molecule has 0 atom stereocenters. The van der Waals surface area contributed by atoms with Crippen LogP contribution in [0.15, 0.2) is 39.8 Å². The second-order valence-electron chi connectivity index (χ2n) is 7.23. The summed E-state index contributed by atoms with van der Waals surface area (Å²) >= 11 is 6.26. The van der Waals surface area contributed by atoms with Crippen LogP contribution in [0.25, 0.3) is 5.69 Å². The summed E-state index contributed by atoms with van der Waals surface area (Å²) in [5, 5.41) is 10.4. The van der Waals surface area contributed by atoms with E-state index in [-0.39, 0.29) is 22.5 Å². The molecule has 31 heavy (non-hydrogen) atoms. The Labute approximate surface area is 180 Å². The van der Waals surface area contributed by atoms with Crippen LogP contribution in [0, 0.1) is 24.5 Å². The maximum Gasteiger partial charge on any atom is 0.292 e. The Kier molecular flexibility index (Phi) is 5.73. The lowest BCUT2D eigenvalue weighted by Gasteiger charge is -2.33. The number of amides is 1. The van der Waals surface area contributed by atoms with Gasteiger partial charge in [-0.05, 0) is 31.9 Å². The van der Waals surface area contributed by atoms with E-state index in [9.17, 15) is 18.4 Å². The number of anilines is 2. The number of halogens is 3. The first-order valence-corrected chi connectivity index (χ1v) is 9.93. The zero-order valence-corrected chi connectivity index (χ0v) is 17.2. The fourth-order valence-corrected chi connectivity index (χ4v) is 3.75. The van der Waals surface area contributed by atoms with Gasteiger partial charge < -0.3 is 14.7 Å². The van der Waals surface area contributed by atoms with E-state index in [2.05, 4.69) is 15.6 Å². The van der Waals surface area contributed by atoms with Crippen LogP contribution < -0.4 is 15.8 Å².